The SMILES string of the molecule is CCn1c(N/N=C(/C)c2ccco2)nc2ccccc2c1=O. The van der Waals surface area contributed by atoms with Gasteiger partial charge in [-0.25, -0.2) is 10.4 Å². The summed E-state index contributed by atoms with van der Waals surface area (Å²) in [6.45, 7) is 4.22. The van der Waals surface area contributed by atoms with Crippen molar-refractivity contribution in [2.24, 2.45) is 5.10 Å². The van der Waals surface area contributed by atoms with E-state index in [0.717, 1.165) is 0 Å². The molecule has 0 radical (unpaired) electrons. The fourth-order valence-electron chi connectivity index (χ4n) is 2.22. The van der Waals surface area contributed by atoms with E-state index in [-0.39, 0.29) is 5.56 Å². The Morgan fingerprint density at radius 3 is 2.86 bits per heavy atom. The van der Waals surface area contributed by atoms with Gasteiger partial charge < -0.3 is 4.42 Å². The van der Waals surface area contributed by atoms with Gasteiger partial charge in [-0.15, -0.1) is 0 Å². The monoisotopic (exact) mass is 296 g/mol. The number of para-hydroxylation sites is 1. The van der Waals surface area contributed by atoms with Crippen LogP contribution in [0.15, 0.2) is 57.0 Å². The second-order valence-electron chi connectivity index (χ2n) is 4.79. The summed E-state index contributed by atoms with van der Waals surface area (Å²) in [7, 11) is 0. The Hall–Kier alpha value is -2.89. The van der Waals surface area contributed by atoms with E-state index < -0.39 is 0 Å². The second kappa shape index (κ2) is 5.85. The van der Waals surface area contributed by atoms with Gasteiger partial charge in [0.25, 0.3) is 5.56 Å². The lowest BCUT2D eigenvalue weighted by Crippen LogP contribution is -2.23. The molecule has 2 aromatic heterocycles. The van der Waals surface area contributed by atoms with Crippen molar-refractivity contribution in [1.82, 2.24) is 9.55 Å². The van der Waals surface area contributed by atoms with Gasteiger partial charge in [0.05, 0.1) is 17.2 Å². The van der Waals surface area contributed by atoms with E-state index in [1.165, 1.54) is 0 Å². The summed E-state index contributed by atoms with van der Waals surface area (Å²) in [4.78, 5) is 16.9. The van der Waals surface area contributed by atoms with Crippen molar-refractivity contribution in [1.29, 1.82) is 0 Å². The van der Waals surface area contributed by atoms with Crippen LogP contribution in [0.2, 0.25) is 0 Å². The predicted molar refractivity (Wildman–Crippen MR) is 86.2 cm³/mol. The smallest absolute Gasteiger partial charge is 0.262 e. The number of nitrogens with zero attached hydrogens (tertiary/aromatic N) is 3. The third-order valence-electron chi connectivity index (χ3n) is 3.38. The molecule has 6 heteroatoms. The molecule has 1 N–H and O–H groups in total. The predicted octanol–water partition coefficient (Wildman–Crippen LogP) is 2.85. The molecule has 1 aromatic carbocycles. The highest BCUT2D eigenvalue weighted by Gasteiger charge is 2.09. The molecule has 0 aliphatic heterocycles. The van der Waals surface area contributed by atoms with Crippen molar-refractivity contribution >= 4 is 22.6 Å². The Kier molecular flexibility index (Phi) is 3.74. The zero-order valence-electron chi connectivity index (χ0n) is 12.4. The van der Waals surface area contributed by atoms with Gasteiger partial charge in [0, 0.05) is 6.54 Å². The summed E-state index contributed by atoms with van der Waals surface area (Å²) in [5, 5.41) is 4.84. The summed E-state index contributed by atoms with van der Waals surface area (Å²) in [5.74, 6) is 1.08. The molecule has 3 rings (SSSR count). The van der Waals surface area contributed by atoms with Crippen LogP contribution in [-0.4, -0.2) is 15.3 Å². The Labute approximate surface area is 127 Å². The van der Waals surface area contributed by atoms with Crippen LogP contribution < -0.4 is 11.0 Å². The lowest BCUT2D eigenvalue weighted by Gasteiger charge is -2.10. The minimum Gasteiger partial charge on any atom is -0.463 e. The zero-order chi connectivity index (χ0) is 15.5. The molecule has 0 saturated carbocycles. The molecule has 0 saturated heterocycles. The average molecular weight is 296 g/mol. The fraction of sp³-hybridized carbons (Fsp3) is 0.188. The summed E-state index contributed by atoms with van der Waals surface area (Å²) < 4.78 is 6.83. The molecule has 3 aromatic rings. The normalized spacial score (nSPS) is 11.8. The van der Waals surface area contributed by atoms with E-state index in [2.05, 4.69) is 15.5 Å². The minimum atomic E-state index is -0.0820. The number of nitrogens with one attached hydrogen (secondary N) is 1. The Morgan fingerprint density at radius 1 is 1.32 bits per heavy atom. The molecule has 22 heavy (non-hydrogen) atoms. The molecular weight excluding hydrogens is 280 g/mol. The van der Waals surface area contributed by atoms with Gasteiger partial charge in [-0.05, 0) is 38.1 Å². The maximum atomic E-state index is 12.5. The number of aromatic nitrogens is 2. The quantitative estimate of drug-likeness (QED) is 0.593. The third kappa shape index (κ3) is 2.50. The van der Waals surface area contributed by atoms with E-state index in [1.54, 1.807) is 23.0 Å². The molecule has 0 atom stereocenters. The zero-order valence-corrected chi connectivity index (χ0v) is 12.4. The summed E-state index contributed by atoms with van der Waals surface area (Å²) in [6.07, 6.45) is 1.59. The fourth-order valence-corrected chi connectivity index (χ4v) is 2.22. The van der Waals surface area contributed by atoms with E-state index in [9.17, 15) is 4.79 Å². The van der Waals surface area contributed by atoms with Crippen LogP contribution in [0.3, 0.4) is 0 Å². The highest BCUT2D eigenvalue weighted by atomic mass is 16.3. The van der Waals surface area contributed by atoms with Gasteiger partial charge in [0.2, 0.25) is 5.95 Å². The standard InChI is InChI=1S/C16H16N4O2/c1-3-20-15(21)12-7-4-5-8-13(12)17-16(20)19-18-11(2)14-9-6-10-22-14/h4-10H,3H2,1-2H3,(H,17,19)/b18-11-. The highest BCUT2D eigenvalue weighted by Crippen LogP contribution is 2.11. The number of hydrazone groups is 1. The van der Waals surface area contributed by atoms with Crippen molar-refractivity contribution < 1.29 is 4.42 Å². The van der Waals surface area contributed by atoms with Crippen molar-refractivity contribution in [2.75, 3.05) is 5.43 Å². The van der Waals surface area contributed by atoms with Crippen molar-refractivity contribution in [3.63, 3.8) is 0 Å². The van der Waals surface area contributed by atoms with E-state index in [1.807, 2.05) is 38.1 Å². The molecular formula is C16H16N4O2. The Balaban J connectivity index is 2.03. The molecule has 0 unspecified atom stereocenters. The first-order valence-corrected chi connectivity index (χ1v) is 7.04. The van der Waals surface area contributed by atoms with Crippen molar-refractivity contribution in [2.45, 2.75) is 20.4 Å². The summed E-state index contributed by atoms with van der Waals surface area (Å²) >= 11 is 0. The topological polar surface area (TPSA) is 72.4 Å². The van der Waals surface area contributed by atoms with Gasteiger partial charge in [-0.1, -0.05) is 12.1 Å². The molecule has 0 aliphatic rings. The molecule has 0 fully saturated rings. The molecule has 6 nitrogen and oxygen atoms in total. The van der Waals surface area contributed by atoms with Gasteiger partial charge in [-0.3, -0.25) is 9.36 Å². The van der Waals surface area contributed by atoms with Crippen molar-refractivity contribution in [3.8, 4) is 0 Å². The average Bonchev–Trinajstić information content (AvgIpc) is 3.07. The number of benzene rings is 1. The van der Waals surface area contributed by atoms with Crippen LogP contribution >= 0.6 is 0 Å². The van der Waals surface area contributed by atoms with Gasteiger partial charge in [-0.2, -0.15) is 5.10 Å². The van der Waals surface area contributed by atoms with Gasteiger partial charge in [0.15, 0.2) is 0 Å². The first kappa shape index (κ1) is 14.1. The Morgan fingerprint density at radius 2 is 2.14 bits per heavy atom. The first-order chi connectivity index (χ1) is 10.7. The molecule has 0 amide bonds. The van der Waals surface area contributed by atoms with Crippen LogP contribution in [0.4, 0.5) is 5.95 Å². The van der Waals surface area contributed by atoms with Crippen LogP contribution in [-0.2, 0) is 6.54 Å². The van der Waals surface area contributed by atoms with Gasteiger partial charge >= 0.3 is 0 Å². The lowest BCUT2D eigenvalue weighted by molar-refractivity contribution is 0.557. The first-order valence-electron chi connectivity index (χ1n) is 7.04. The lowest BCUT2D eigenvalue weighted by atomic mass is 10.2. The Bertz CT molecular complexity index is 879. The molecule has 0 bridgehead atoms. The van der Waals surface area contributed by atoms with Crippen LogP contribution in [0.1, 0.15) is 19.6 Å². The highest BCUT2D eigenvalue weighted by molar-refractivity contribution is 5.96. The van der Waals surface area contributed by atoms with E-state index in [0.29, 0.717) is 34.9 Å². The maximum absolute atomic E-state index is 12.5. The van der Waals surface area contributed by atoms with Gasteiger partial charge in [0.1, 0.15) is 11.5 Å². The maximum Gasteiger partial charge on any atom is 0.262 e. The number of rotatable bonds is 4. The van der Waals surface area contributed by atoms with Crippen LogP contribution in [0.5, 0.6) is 0 Å². The van der Waals surface area contributed by atoms with Crippen LogP contribution in [0, 0.1) is 0 Å². The van der Waals surface area contributed by atoms with E-state index >= 15 is 0 Å². The molecule has 0 aliphatic carbocycles. The molecule has 0 spiro atoms. The number of fused-ring (bicyclic) bond motifs is 1. The summed E-state index contributed by atoms with van der Waals surface area (Å²) in [6, 6.07) is 10.9. The largest absolute Gasteiger partial charge is 0.463 e. The third-order valence-corrected chi connectivity index (χ3v) is 3.38. The number of furan rings is 1. The van der Waals surface area contributed by atoms with E-state index in [4.69, 9.17) is 4.42 Å². The molecule has 112 valence electrons. The number of hydrogen-bond acceptors (Lipinski definition) is 5. The molecule has 2 heterocycles. The summed E-state index contributed by atoms with van der Waals surface area (Å²) in [5.41, 5.74) is 4.10. The van der Waals surface area contributed by atoms with Crippen LogP contribution in [0.25, 0.3) is 10.9 Å². The van der Waals surface area contributed by atoms with Crippen molar-refractivity contribution in [3.05, 3.63) is 58.8 Å². The minimum absolute atomic E-state index is 0.0820. The second-order valence-corrected chi connectivity index (χ2v) is 4.79. The number of anilines is 1. The number of hydrogen-bond donors (Lipinski definition) is 1.